The molecule has 1 amide bonds. The van der Waals surface area contributed by atoms with Crippen molar-refractivity contribution in [2.75, 3.05) is 18.5 Å². The number of nitrogens with zero attached hydrogens (tertiary/aromatic N) is 1. The number of hydrogen-bond acceptors (Lipinski definition) is 10. The average molecular weight is 739 g/mol. The number of esters is 1. The van der Waals surface area contributed by atoms with Gasteiger partial charge in [-0.2, -0.15) is 4.72 Å². The zero-order valence-corrected chi connectivity index (χ0v) is 29.5. The third kappa shape index (κ3) is 10.8. The molecule has 262 valence electrons. The molecule has 0 saturated heterocycles. The monoisotopic (exact) mass is 737 g/mol. The Morgan fingerprint density at radius 2 is 1.79 bits per heavy atom. The van der Waals surface area contributed by atoms with E-state index in [-0.39, 0.29) is 48.5 Å². The number of aliphatic carboxylic acids is 1. The Morgan fingerprint density at radius 3 is 2.34 bits per heavy atom. The summed E-state index contributed by atoms with van der Waals surface area (Å²) in [6.07, 6.45) is -0.308. The van der Waals surface area contributed by atoms with Crippen molar-refractivity contribution in [1.82, 2.24) is 14.9 Å². The summed E-state index contributed by atoms with van der Waals surface area (Å²) >= 11 is 6.13. The number of amides is 1. The number of carbonyl (C=O) groups is 3. The van der Waals surface area contributed by atoms with Crippen LogP contribution >= 0.6 is 24.0 Å². The molecule has 1 unspecified atom stereocenters. The molecule has 14 nitrogen and oxygen atoms in total. The highest BCUT2D eigenvalue weighted by Crippen LogP contribution is 2.35. The first-order valence-electron chi connectivity index (χ1n) is 14.6. The third-order valence-corrected chi connectivity index (χ3v) is 10.1. The molecule has 0 saturated carbocycles. The van der Waals surface area contributed by atoms with Crippen molar-refractivity contribution in [1.29, 1.82) is 0 Å². The van der Waals surface area contributed by atoms with Crippen molar-refractivity contribution in [3.8, 4) is 0 Å². The minimum Gasteiger partial charge on any atom is -0.480 e. The maximum Gasteiger partial charge on any atom is 0.323 e. The number of fused-ring (bicyclic) bond motifs is 1. The summed E-state index contributed by atoms with van der Waals surface area (Å²) in [5, 5.41) is 20.6. The normalized spacial score (nSPS) is 17.3. The lowest BCUT2D eigenvalue weighted by atomic mass is 9.98. The smallest absolute Gasteiger partial charge is 0.323 e. The number of carboxylic acids is 1. The van der Waals surface area contributed by atoms with Crippen molar-refractivity contribution in [2.24, 2.45) is 11.1 Å². The molecule has 0 aromatic heterocycles. The second kappa shape index (κ2) is 16.9. The summed E-state index contributed by atoms with van der Waals surface area (Å²) in [4.78, 5) is 38.9. The van der Waals surface area contributed by atoms with Gasteiger partial charge < -0.3 is 20.1 Å². The van der Waals surface area contributed by atoms with Crippen LogP contribution in [-0.4, -0.2) is 82.1 Å². The van der Waals surface area contributed by atoms with Gasteiger partial charge in [0.15, 0.2) is 0 Å². The molecule has 2 aromatic carbocycles. The SMILES string of the molecule is CCOC(=O)[C@H](CCc1ccccc1)N[C@@H](C)C(=O)N(CC(=O)O)[C@H](CC(C)C)C1Nc2cc(Cl)c(S(N)(=O)=O)cc2S(=O)(=O)N1.Cl. The van der Waals surface area contributed by atoms with Crippen LogP contribution in [0.25, 0.3) is 0 Å². The molecule has 47 heavy (non-hydrogen) atoms. The molecule has 0 bridgehead atoms. The van der Waals surface area contributed by atoms with Gasteiger partial charge in [-0.3, -0.25) is 19.7 Å². The number of rotatable bonds is 15. The van der Waals surface area contributed by atoms with Crippen LogP contribution in [0.5, 0.6) is 0 Å². The summed E-state index contributed by atoms with van der Waals surface area (Å²) in [5.41, 5.74) is 0.904. The van der Waals surface area contributed by atoms with Crippen LogP contribution in [0.2, 0.25) is 5.02 Å². The van der Waals surface area contributed by atoms with Crippen LogP contribution in [-0.2, 0) is 45.6 Å². The maximum atomic E-state index is 14.0. The number of nitrogens with two attached hydrogens (primary N) is 1. The lowest BCUT2D eigenvalue weighted by molar-refractivity contribution is -0.149. The quantitative estimate of drug-likeness (QED) is 0.167. The first-order valence-corrected chi connectivity index (χ1v) is 18.0. The predicted molar refractivity (Wildman–Crippen MR) is 178 cm³/mol. The summed E-state index contributed by atoms with van der Waals surface area (Å²) in [6.45, 7) is 6.11. The van der Waals surface area contributed by atoms with E-state index in [2.05, 4.69) is 15.4 Å². The number of halogens is 2. The summed E-state index contributed by atoms with van der Waals surface area (Å²) in [5.74, 6) is -2.76. The van der Waals surface area contributed by atoms with Crippen molar-refractivity contribution < 1.29 is 41.1 Å². The van der Waals surface area contributed by atoms with E-state index in [0.29, 0.717) is 6.42 Å². The van der Waals surface area contributed by atoms with Gasteiger partial charge in [-0.25, -0.2) is 22.0 Å². The zero-order valence-electron chi connectivity index (χ0n) is 26.3. The number of carbonyl (C=O) groups excluding carboxylic acids is 2. The Balaban J connectivity index is 0.00000768. The Bertz CT molecular complexity index is 1640. The summed E-state index contributed by atoms with van der Waals surface area (Å²) < 4.78 is 58.3. The van der Waals surface area contributed by atoms with Crippen molar-refractivity contribution >= 4 is 67.6 Å². The Labute approximate surface area is 286 Å². The number of aryl methyl sites for hydroxylation is 1. The average Bonchev–Trinajstić information content (AvgIpc) is 2.95. The van der Waals surface area contributed by atoms with Crippen molar-refractivity contribution in [2.45, 2.75) is 81.0 Å². The molecular weight excluding hydrogens is 697 g/mol. The lowest BCUT2D eigenvalue weighted by Gasteiger charge is -2.41. The van der Waals surface area contributed by atoms with Crippen LogP contribution in [0.15, 0.2) is 52.3 Å². The van der Waals surface area contributed by atoms with Gasteiger partial charge in [0.05, 0.1) is 29.4 Å². The number of benzene rings is 2. The highest BCUT2D eigenvalue weighted by atomic mass is 35.5. The van der Waals surface area contributed by atoms with E-state index in [1.165, 1.54) is 6.92 Å². The standard InChI is InChI=1S/C29H40ClN5O9S2.ClH/c1-5-44-29(39)21(12-11-19-9-7-6-8-10-19)32-18(4)28(38)35(16-26(36)37)23(13-17(2)3)27-33-22-14-20(30)24(45(31,40)41)15-25(22)46(42,43)34-27;/h6-10,14-15,17-18,21,23,27,32-34H,5,11-13,16H2,1-4H3,(H,36,37)(H2,31,40,41);1H/t18-,21-,23+,27?;/m0./s1. The van der Waals surface area contributed by atoms with Crippen LogP contribution in [0.1, 0.15) is 46.1 Å². The number of carboxylic acid groups (broad SMARTS) is 1. The van der Waals surface area contributed by atoms with Gasteiger partial charge in [0.1, 0.15) is 28.5 Å². The van der Waals surface area contributed by atoms with Gasteiger partial charge >= 0.3 is 11.9 Å². The van der Waals surface area contributed by atoms with Gasteiger partial charge in [0.2, 0.25) is 26.0 Å². The molecule has 0 aliphatic carbocycles. The molecule has 0 fully saturated rings. The number of sulfonamides is 2. The molecule has 4 atom stereocenters. The van der Waals surface area contributed by atoms with E-state index in [9.17, 15) is 36.3 Å². The molecule has 18 heteroatoms. The fourth-order valence-electron chi connectivity index (χ4n) is 5.21. The van der Waals surface area contributed by atoms with E-state index in [1.54, 1.807) is 6.92 Å². The van der Waals surface area contributed by atoms with Crippen LogP contribution in [0, 0.1) is 5.92 Å². The van der Waals surface area contributed by atoms with Crippen LogP contribution in [0.3, 0.4) is 0 Å². The maximum absolute atomic E-state index is 14.0. The summed E-state index contributed by atoms with van der Waals surface area (Å²) in [7, 11) is -8.76. The number of ether oxygens (including phenoxy) is 1. The molecule has 2 aromatic rings. The molecule has 3 rings (SSSR count). The number of primary sulfonamides is 1. The van der Waals surface area contributed by atoms with E-state index in [0.717, 1.165) is 22.6 Å². The van der Waals surface area contributed by atoms with Crippen LogP contribution in [0.4, 0.5) is 5.69 Å². The number of hydrogen-bond donors (Lipinski definition) is 5. The van der Waals surface area contributed by atoms with Gasteiger partial charge in [-0.1, -0.05) is 55.8 Å². The first kappa shape index (κ1) is 40.2. The molecular formula is C29H41Cl2N5O9S2. The highest BCUT2D eigenvalue weighted by molar-refractivity contribution is 7.90. The summed E-state index contributed by atoms with van der Waals surface area (Å²) in [6, 6.07) is 8.29. The van der Waals surface area contributed by atoms with E-state index >= 15 is 0 Å². The molecule has 1 aliphatic rings. The van der Waals surface area contributed by atoms with Crippen molar-refractivity contribution in [3.63, 3.8) is 0 Å². The number of nitrogens with one attached hydrogen (secondary N) is 3. The molecule has 6 N–H and O–H groups in total. The predicted octanol–water partition coefficient (Wildman–Crippen LogP) is 2.31. The van der Waals surface area contributed by atoms with Gasteiger partial charge in [-0.15, -0.1) is 12.4 Å². The topological polar surface area (TPSA) is 214 Å². The van der Waals surface area contributed by atoms with E-state index in [4.69, 9.17) is 21.5 Å². The zero-order chi connectivity index (χ0) is 34.4. The van der Waals surface area contributed by atoms with Gasteiger partial charge in [0, 0.05) is 0 Å². The first-order chi connectivity index (χ1) is 21.4. The third-order valence-electron chi connectivity index (χ3n) is 7.27. The minimum absolute atomic E-state index is 0. The van der Waals surface area contributed by atoms with E-state index < -0.39 is 78.5 Å². The molecule has 1 aliphatic heterocycles. The van der Waals surface area contributed by atoms with E-state index in [1.807, 2.05) is 44.2 Å². The highest BCUT2D eigenvalue weighted by Gasteiger charge is 2.41. The Morgan fingerprint density at radius 1 is 1.15 bits per heavy atom. The Kier molecular flexibility index (Phi) is 14.5. The molecule has 1 heterocycles. The number of anilines is 1. The molecule has 0 spiro atoms. The second-order valence-corrected chi connectivity index (χ2v) is 15.0. The minimum atomic E-state index is -4.40. The Hall–Kier alpha value is -2.99. The second-order valence-electron chi connectivity index (χ2n) is 11.3. The fraction of sp³-hybridized carbons (Fsp3) is 0.483. The lowest BCUT2D eigenvalue weighted by Crippen LogP contribution is -2.62. The van der Waals surface area contributed by atoms with Gasteiger partial charge in [-0.05, 0) is 56.7 Å². The fourth-order valence-corrected chi connectivity index (χ4v) is 7.74. The van der Waals surface area contributed by atoms with Crippen molar-refractivity contribution in [3.05, 3.63) is 53.1 Å². The van der Waals surface area contributed by atoms with Gasteiger partial charge in [0.25, 0.3) is 0 Å². The van der Waals surface area contributed by atoms with Crippen LogP contribution < -0.4 is 20.5 Å². The molecule has 0 radical (unpaired) electrons. The largest absolute Gasteiger partial charge is 0.480 e.